The predicted octanol–water partition coefficient (Wildman–Crippen LogP) is 0.588. The molecule has 3 N–H and O–H groups in total. The lowest BCUT2D eigenvalue weighted by Gasteiger charge is -2.18. The number of carbonyl (C=O) groups excluding carboxylic acids is 2. The molecule has 0 aliphatic heterocycles. The standard InChI is InChI=1S/C13H16O5/c1-7(2)3-4-8-11(16)9(5-14)10(6-15)13(18)12(8)17/h3,14-16H,4-6H2,1-2H3. The summed E-state index contributed by atoms with van der Waals surface area (Å²) in [4.78, 5) is 23.4. The minimum atomic E-state index is -0.864. The van der Waals surface area contributed by atoms with Gasteiger partial charge in [-0.25, -0.2) is 0 Å². The molecule has 0 saturated carbocycles. The smallest absolute Gasteiger partial charge is 0.233 e. The van der Waals surface area contributed by atoms with E-state index in [1.165, 1.54) is 0 Å². The normalized spacial score (nSPS) is 16.4. The van der Waals surface area contributed by atoms with Crippen molar-refractivity contribution in [2.75, 3.05) is 13.2 Å². The van der Waals surface area contributed by atoms with Crippen molar-refractivity contribution in [3.63, 3.8) is 0 Å². The molecule has 0 radical (unpaired) electrons. The second-order valence-corrected chi connectivity index (χ2v) is 4.24. The van der Waals surface area contributed by atoms with Crippen LogP contribution < -0.4 is 0 Å². The summed E-state index contributed by atoms with van der Waals surface area (Å²) < 4.78 is 0. The van der Waals surface area contributed by atoms with Gasteiger partial charge in [-0.1, -0.05) is 11.6 Å². The predicted molar refractivity (Wildman–Crippen MR) is 64.9 cm³/mol. The van der Waals surface area contributed by atoms with Crippen LogP contribution in [0.25, 0.3) is 0 Å². The van der Waals surface area contributed by atoms with E-state index >= 15 is 0 Å². The van der Waals surface area contributed by atoms with Crippen LogP contribution in [0.3, 0.4) is 0 Å². The van der Waals surface area contributed by atoms with Gasteiger partial charge in [0.05, 0.1) is 13.2 Å². The van der Waals surface area contributed by atoms with Crippen molar-refractivity contribution in [1.29, 1.82) is 0 Å². The van der Waals surface area contributed by atoms with Gasteiger partial charge in [0, 0.05) is 16.7 Å². The summed E-state index contributed by atoms with van der Waals surface area (Å²) >= 11 is 0. The molecule has 0 spiro atoms. The number of hydrogen-bond donors (Lipinski definition) is 3. The molecule has 0 aromatic heterocycles. The van der Waals surface area contributed by atoms with Gasteiger partial charge in [-0.2, -0.15) is 0 Å². The SMILES string of the molecule is CC(C)=CCC1=C(O)C(CO)=C(CO)C(=O)C1=O. The first-order chi connectivity index (χ1) is 8.43. The summed E-state index contributed by atoms with van der Waals surface area (Å²) in [5.41, 5.74) is 0.598. The van der Waals surface area contributed by atoms with E-state index in [1.807, 2.05) is 13.8 Å². The monoisotopic (exact) mass is 252 g/mol. The molecule has 0 amide bonds. The number of ketones is 2. The molecule has 0 aromatic carbocycles. The first-order valence-corrected chi connectivity index (χ1v) is 5.52. The zero-order valence-electron chi connectivity index (χ0n) is 10.4. The van der Waals surface area contributed by atoms with Crippen LogP contribution in [0.4, 0.5) is 0 Å². The maximum absolute atomic E-state index is 11.8. The second kappa shape index (κ2) is 5.75. The highest BCUT2D eigenvalue weighted by atomic mass is 16.3. The van der Waals surface area contributed by atoms with Crippen molar-refractivity contribution >= 4 is 11.6 Å². The quantitative estimate of drug-likeness (QED) is 0.386. The van der Waals surface area contributed by atoms with Crippen LogP contribution >= 0.6 is 0 Å². The minimum Gasteiger partial charge on any atom is -0.507 e. The molecule has 0 fully saturated rings. The largest absolute Gasteiger partial charge is 0.507 e. The third kappa shape index (κ3) is 2.57. The van der Waals surface area contributed by atoms with Gasteiger partial charge in [0.2, 0.25) is 11.6 Å². The Labute approximate surface area is 105 Å². The van der Waals surface area contributed by atoms with Crippen molar-refractivity contribution in [2.24, 2.45) is 0 Å². The molecule has 5 heteroatoms. The van der Waals surface area contributed by atoms with Crippen molar-refractivity contribution < 1.29 is 24.9 Å². The van der Waals surface area contributed by atoms with Crippen LogP contribution in [-0.2, 0) is 9.59 Å². The van der Waals surface area contributed by atoms with E-state index in [0.29, 0.717) is 0 Å². The van der Waals surface area contributed by atoms with E-state index in [0.717, 1.165) is 5.57 Å². The molecule has 1 rings (SSSR count). The highest BCUT2D eigenvalue weighted by Crippen LogP contribution is 2.26. The molecule has 0 bridgehead atoms. The number of hydrogen-bond acceptors (Lipinski definition) is 5. The van der Waals surface area contributed by atoms with Gasteiger partial charge in [0.15, 0.2) is 0 Å². The molecule has 18 heavy (non-hydrogen) atoms. The molecular formula is C13H16O5. The fourth-order valence-electron chi connectivity index (χ4n) is 1.68. The Hall–Kier alpha value is -1.72. The number of aliphatic hydroxyl groups is 3. The molecule has 0 aromatic rings. The fourth-order valence-corrected chi connectivity index (χ4v) is 1.68. The highest BCUT2D eigenvalue weighted by Gasteiger charge is 2.33. The number of allylic oxidation sites excluding steroid dienone is 3. The molecule has 1 aliphatic rings. The number of rotatable bonds is 4. The lowest BCUT2D eigenvalue weighted by molar-refractivity contribution is -0.132. The molecular weight excluding hydrogens is 236 g/mol. The van der Waals surface area contributed by atoms with Gasteiger partial charge >= 0.3 is 0 Å². The number of aliphatic hydroxyl groups excluding tert-OH is 3. The maximum atomic E-state index is 11.8. The van der Waals surface area contributed by atoms with Crippen molar-refractivity contribution in [1.82, 2.24) is 0 Å². The van der Waals surface area contributed by atoms with Gasteiger partial charge < -0.3 is 15.3 Å². The third-order valence-electron chi connectivity index (χ3n) is 2.72. The summed E-state index contributed by atoms with van der Waals surface area (Å²) in [6.45, 7) is 2.38. The average Bonchev–Trinajstić information content (AvgIpc) is 2.32. The first-order valence-electron chi connectivity index (χ1n) is 5.52. The molecule has 0 atom stereocenters. The molecule has 0 unspecified atom stereocenters. The topological polar surface area (TPSA) is 94.8 Å². The van der Waals surface area contributed by atoms with Crippen LogP contribution in [0.1, 0.15) is 20.3 Å². The Morgan fingerprint density at radius 3 is 1.94 bits per heavy atom. The van der Waals surface area contributed by atoms with Gasteiger partial charge in [0.1, 0.15) is 5.76 Å². The summed E-state index contributed by atoms with van der Waals surface area (Å²) in [5, 5.41) is 28.0. The highest BCUT2D eigenvalue weighted by molar-refractivity contribution is 6.50. The lowest BCUT2D eigenvalue weighted by atomic mass is 9.87. The zero-order chi connectivity index (χ0) is 13.9. The fraction of sp³-hybridized carbons (Fsp3) is 0.385. The Balaban J connectivity index is 3.30. The zero-order valence-corrected chi connectivity index (χ0v) is 10.4. The second-order valence-electron chi connectivity index (χ2n) is 4.24. The minimum absolute atomic E-state index is 0.0394. The maximum Gasteiger partial charge on any atom is 0.233 e. The van der Waals surface area contributed by atoms with E-state index in [1.54, 1.807) is 6.08 Å². The van der Waals surface area contributed by atoms with Gasteiger partial charge in [-0.05, 0) is 20.3 Å². The first kappa shape index (κ1) is 14.3. The van der Waals surface area contributed by atoms with Gasteiger partial charge in [0.25, 0.3) is 0 Å². The molecule has 5 nitrogen and oxygen atoms in total. The molecule has 98 valence electrons. The van der Waals surface area contributed by atoms with Crippen molar-refractivity contribution in [3.8, 4) is 0 Å². The van der Waals surface area contributed by atoms with Crippen LogP contribution in [0.2, 0.25) is 0 Å². The summed E-state index contributed by atoms with van der Waals surface area (Å²) in [5.74, 6) is -2.09. The Morgan fingerprint density at radius 1 is 1.00 bits per heavy atom. The summed E-state index contributed by atoms with van der Waals surface area (Å²) in [6, 6.07) is 0. The van der Waals surface area contributed by atoms with E-state index in [9.17, 15) is 14.7 Å². The van der Waals surface area contributed by atoms with Crippen LogP contribution in [0.15, 0.2) is 34.1 Å². The van der Waals surface area contributed by atoms with E-state index < -0.39 is 30.5 Å². The summed E-state index contributed by atoms with van der Waals surface area (Å²) in [6.07, 6.45) is 1.83. The van der Waals surface area contributed by atoms with Gasteiger partial charge in [-0.3, -0.25) is 9.59 Å². The van der Waals surface area contributed by atoms with Crippen LogP contribution in [-0.4, -0.2) is 40.1 Å². The number of Topliss-reactive ketones (excluding diaryl/α,β-unsaturated/α-hetero) is 2. The van der Waals surface area contributed by atoms with Crippen molar-refractivity contribution in [2.45, 2.75) is 20.3 Å². The van der Waals surface area contributed by atoms with Gasteiger partial charge in [-0.15, -0.1) is 0 Å². The number of carbonyl (C=O) groups is 2. The Morgan fingerprint density at radius 2 is 1.50 bits per heavy atom. The van der Waals surface area contributed by atoms with E-state index in [-0.39, 0.29) is 23.1 Å². The third-order valence-corrected chi connectivity index (χ3v) is 2.72. The molecule has 0 heterocycles. The Kier molecular flexibility index (Phi) is 4.58. The van der Waals surface area contributed by atoms with Crippen molar-refractivity contribution in [3.05, 3.63) is 34.1 Å². The van der Waals surface area contributed by atoms with Crippen LogP contribution in [0.5, 0.6) is 0 Å². The lowest BCUT2D eigenvalue weighted by Crippen LogP contribution is -2.28. The molecule has 0 saturated heterocycles. The van der Waals surface area contributed by atoms with Crippen LogP contribution in [0, 0.1) is 0 Å². The van der Waals surface area contributed by atoms with E-state index in [2.05, 4.69) is 0 Å². The average molecular weight is 252 g/mol. The molecule has 1 aliphatic carbocycles. The summed E-state index contributed by atoms with van der Waals surface area (Å²) in [7, 11) is 0. The Bertz CT molecular complexity index is 476. The van der Waals surface area contributed by atoms with E-state index in [4.69, 9.17) is 10.2 Å².